The molecule has 2 rings (SSSR count). The lowest BCUT2D eigenvalue weighted by Crippen LogP contribution is -2.40. The van der Waals surface area contributed by atoms with Crippen LogP contribution in [0.4, 0.5) is 0 Å². The van der Waals surface area contributed by atoms with Gasteiger partial charge in [0.15, 0.2) is 0 Å². The Labute approximate surface area is 104 Å². The molecule has 4 heteroatoms. The molecule has 4 nitrogen and oxygen atoms in total. The van der Waals surface area contributed by atoms with E-state index in [1.165, 1.54) is 19.3 Å². The van der Waals surface area contributed by atoms with E-state index in [1.807, 2.05) is 0 Å². The number of carboxylic acids is 1. The average molecular weight is 240 g/mol. The van der Waals surface area contributed by atoms with Gasteiger partial charge in [-0.1, -0.05) is 6.42 Å². The molecular formula is C13H24N2O2. The third-order valence-corrected chi connectivity index (χ3v) is 4.22. The van der Waals surface area contributed by atoms with Crippen molar-refractivity contribution in [2.45, 2.75) is 25.7 Å². The number of carbonyl (C=O) groups is 1. The summed E-state index contributed by atoms with van der Waals surface area (Å²) in [7, 11) is 2.08. The van der Waals surface area contributed by atoms with Gasteiger partial charge >= 0.3 is 5.97 Å². The summed E-state index contributed by atoms with van der Waals surface area (Å²) in [4.78, 5) is 16.0. The van der Waals surface area contributed by atoms with Gasteiger partial charge in [0.05, 0.1) is 5.92 Å². The van der Waals surface area contributed by atoms with Crippen molar-refractivity contribution >= 4 is 5.97 Å². The van der Waals surface area contributed by atoms with E-state index in [4.69, 9.17) is 0 Å². The Morgan fingerprint density at radius 2 is 2.00 bits per heavy atom. The summed E-state index contributed by atoms with van der Waals surface area (Å²) < 4.78 is 0. The Morgan fingerprint density at radius 3 is 2.53 bits per heavy atom. The lowest BCUT2D eigenvalue weighted by molar-refractivity contribution is -0.144. The zero-order valence-corrected chi connectivity index (χ0v) is 10.8. The van der Waals surface area contributed by atoms with Gasteiger partial charge in [0, 0.05) is 13.1 Å². The van der Waals surface area contributed by atoms with Gasteiger partial charge in [-0.2, -0.15) is 0 Å². The normalized spacial score (nSPS) is 29.4. The van der Waals surface area contributed by atoms with Crippen molar-refractivity contribution in [3.8, 4) is 0 Å². The van der Waals surface area contributed by atoms with Crippen LogP contribution in [-0.4, -0.2) is 60.6 Å². The first kappa shape index (κ1) is 12.8. The molecule has 0 radical (unpaired) electrons. The van der Waals surface area contributed by atoms with Gasteiger partial charge in [0.1, 0.15) is 0 Å². The van der Waals surface area contributed by atoms with Gasteiger partial charge < -0.3 is 14.9 Å². The van der Waals surface area contributed by atoms with Crippen molar-refractivity contribution in [1.29, 1.82) is 0 Å². The standard InChI is InChI=1S/C13H24N2O2/c1-14-8-5-11(9-14)12(13(16)17)10-15-6-3-2-4-7-15/h11-12H,2-10H2,1H3,(H,16,17). The van der Waals surface area contributed by atoms with E-state index < -0.39 is 5.97 Å². The van der Waals surface area contributed by atoms with Crippen LogP contribution in [0, 0.1) is 11.8 Å². The highest BCUT2D eigenvalue weighted by Crippen LogP contribution is 2.25. The Balaban J connectivity index is 1.90. The van der Waals surface area contributed by atoms with Crippen LogP contribution >= 0.6 is 0 Å². The highest BCUT2D eigenvalue weighted by molar-refractivity contribution is 5.70. The minimum absolute atomic E-state index is 0.168. The topological polar surface area (TPSA) is 43.8 Å². The van der Waals surface area contributed by atoms with Crippen molar-refractivity contribution < 1.29 is 9.90 Å². The molecule has 2 aliphatic rings. The van der Waals surface area contributed by atoms with E-state index in [9.17, 15) is 9.90 Å². The van der Waals surface area contributed by atoms with Crippen LogP contribution in [0.3, 0.4) is 0 Å². The van der Waals surface area contributed by atoms with E-state index in [2.05, 4.69) is 16.8 Å². The molecule has 2 atom stereocenters. The minimum atomic E-state index is -0.601. The summed E-state index contributed by atoms with van der Waals surface area (Å²) >= 11 is 0. The van der Waals surface area contributed by atoms with Crippen LogP contribution in [0.15, 0.2) is 0 Å². The quantitative estimate of drug-likeness (QED) is 0.800. The Bertz CT molecular complexity index is 264. The van der Waals surface area contributed by atoms with Crippen molar-refractivity contribution in [3.05, 3.63) is 0 Å². The number of hydrogen-bond donors (Lipinski definition) is 1. The largest absolute Gasteiger partial charge is 0.481 e. The van der Waals surface area contributed by atoms with Gasteiger partial charge in [-0.05, 0) is 51.9 Å². The van der Waals surface area contributed by atoms with E-state index in [0.29, 0.717) is 5.92 Å². The predicted molar refractivity (Wildman–Crippen MR) is 67.0 cm³/mol. The lowest BCUT2D eigenvalue weighted by atomic mass is 9.90. The third kappa shape index (κ3) is 3.42. The molecule has 0 saturated carbocycles. The number of hydrogen-bond acceptors (Lipinski definition) is 3. The Hall–Kier alpha value is -0.610. The molecular weight excluding hydrogens is 216 g/mol. The number of carboxylic acid groups (broad SMARTS) is 1. The molecule has 17 heavy (non-hydrogen) atoms. The fourth-order valence-electron chi connectivity index (χ4n) is 3.15. The maximum Gasteiger partial charge on any atom is 0.308 e. The second-order valence-corrected chi connectivity index (χ2v) is 5.62. The zero-order valence-electron chi connectivity index (χ0n) is 10.8. The van der Waals surface area contributed by atoms with Crippen molar-refractivity contribution in [2.24, 2.45) is 11.8 Å². The molecule has 0 amide bonds. The van der Waals surface area contributed by atoms with Gasteiger partial charge in [-0.15, -0.1) is 0 Å². The highest BCUT2D eigenvalue weighted by atomic mass is 16.4. The molecule has 2 saturated heterocycles. The summed E-state index contributed by atoms with van der Waals surface area (Å²) in [5, 5.41) is 9.41. The van der Waals surface area contributed by atoms with Gasteiger partial charge in [0.2, 0.25) is 0 Å². The van der Waals surface area contributed by atoms with E-state index >= 15 is 0 Å². The first-order valence-corrected chi connectivity index (χ1v) is 6.80. The van der Waals surface area contributed by atoms with Crippen molar-refractivity contribution in [2.75, 3.05) is 39.8 Å². The van der Waals surface area contributed by atoms with Crippen molar-refractivity contribution in [1.82, 2.24) is 9.80 Å². The number of rotatable bonds is 4. The van der Waals surface area contributed by atoms with E-state index in [-0.39, 0.29) is 5.92 Å². The molecule has 0 bridgehead atoms. The average Bonchev–Trinajstić information content (AvgIpc) is 2.73. The number of likely N-dealkylation sites (tertiary alicyclic amines) is 2. The predicted octanol–water partition coefficient (Wildman–Crippen LogP) is 1.12. The fraction of sp³-hybridized carbons (Fsp3) is 0.923. The molecule has 0 aromatic heterocycles. The fourth-order valence-corrected chi connectivity index (χ4v) is 3.15. The summed E-state index contributed by atoms with van der Waals surface area (Å²) in [5.74, 6) is -0.423. The summed E-state index contributed by atoms with van der Waals surface area (Å²) in [5.41, 5.74) is 0. The maximum atomic E-state index is 11.4. The van der Waals surface area contributed by atoms with Gasteiger partial charge in [-0.25, -0.2) is 0 Å². The first-order valence-electron chi connectivity index (χ1n) is 6.80. The van der Waals surface area contributed by atoms with E-state index in [1.54, 1.807) is 0 Å². The zero-order chi connectivity index (χ0) is 12.3. The maximum absolute atomic E-state index is 11.4. The molecule has 1 N–H and O–H groups in total. The van der Waals surface area contributed by atoms with Gasteiger partial charge in [-0.3, -0.25) is 4.79 Å². The van der Waals surface area contributed by atoms with Crippen LogP contribution in [0.5, 0.6) is 0 Å². The number of piperidine rings is 1. The molecule has 0 aromatic rings. The summed E-state index contributed by atoms with van der Waals surface area (Å²) in [6.07, 6.45) is 4.82. The van der Waals surface area contributed by atoms with Crippen molar-refractivity contribution in [3.63, 3.8) is 0 Å². The van der Waals surface area contributed by atoms with Crippen LogP contribution in [-0.2, 0) is 4.79 Å². The smallest absolute Gasteiger partial charge is 0.308 e. The monoisotopic (exact) mass is 240 g/mol. The summed E-state index contributed by atoms with van der Waals surface area (Å²) in [6, 6.07) is 0. The van der Waals surface area contributed by atoms with Crippen LogP contribution < -0.4 is 0 Å². The van der Waals surface area contributed by atoms with Crippen LogP contribution in [0.2, 0.25) is 0 Å². The third-order valence-electron chi connectivity index (χ3n) is 4.22. The Kier molecular flexibility index (Phi) is 4.40. The molecule has 2 aliphatic heterocycles. The van der Waals surface area contributed by atoms with E-state index in [0.717, 1.165) is 39.1 Å². The minimum Gasteiger partial charge on any atom is -0.481 e. The summed E-state index contributed by atoms with van der Waals surface area (Å²) in [6.45, 7) is 4.94. The van der Waals surface area contributed by atoms with Crippen LogP contribution in [0.1, 0.15) is 25.7 Å². The molecule has 2 heterocycles. The second-order valence-electron chi connectivity index (χ2n) is 5.62. The highest BCUT2D eigenvalue weighted by Gasteiger charge is 2.34. The molecule has 2 fully saturated rings. The lowest BCUT2D eigenvalue weighted by Gasteiger charge is -2.31. The second kappa shape index (κ2) is 5.83. The molecule has 2 unspecified atom stereocenters. The number of nitrogens with zero attached hydrogens (tertiary/aromatic N) is 2. The van der Waals surface area contributed by atoms with Crippen LogP contribution in [0.25, 0.3) is 0 Å². The van der Waals surface area contributed by atoms with Gasteiger partial charge in [0.25, 0.3) is 0 Å². The molecule has 0 spiro atoms. The Morgan fingerprint density at radius 1 is 1.29 bits per heavy atom. The number of aliphatic carboxylic acids is 1. The SMILES string of the molecule is CN1CCC(C(CN2CCCCC2)C(=O)O)C1. The molecule has 0 aliphatic carbocycles. The molecule has 98 valence electrons. The first-order chi connectivity index (χ1) is 8.16. The molecule has 0 aromatic carbocycles.